The van der Waals surface area contributed by atoms with Gasteiger partial charge in [-0.3, -0.25) is 4.98 Å². The van der Waals surface area contributed by atoms with Crippen LogP contribution >= 0.6 is 0 Å². The van der Waals surface area contributed by atoms with E-state index in [0.29, 0.717) is 0 Å². The van der Waals surface area contributed by atoms with Crippen LogP contribution < -0.4 is 18.9 Å². The Morgan fingerprint density at radius 2 is 1.64 bits per heavy atom. The third kappa shape index (κ3) is 12.9. The fraction of sp³-hybridized carbons (Fsp3) is 0.333. The summed E-state index contributed by atoms with van der Waals surface area (Å²) in [5.41, 5.74) is 0. The monoisotopic (exact) mass is 143 g/mol. The maximum Gasteiger partial charge on any atom is 1.00 e. The molecule has 0 radical (unpaired) electrons. The minimum Gasteiger partial charge on any atom is -0.343 e. The summed E-state index contributed by atoms with van der Waals surface area (Å²) < 4.78 is 0. The second-order valence-electron chi connectivity index (χ2n) is 1.88. The molecule has 0 fully saturated rings. The van der Waals surface area contributed by atoms with Gasteiger partial charge in [0.05, 0.1) is 0 Å². The third-order valence-electron chi connectivity index (χ3n) is 0.920. The topological polar surface area (TPSA) is 12.9 Å². The van der Waals surface area contributed by atoms with Crippen molar-refractivity contribution in [3.8, 4) is 0 Å². The van der Waals surface area contributed by atoms with E-state index in [4.69, 9.17) is 0 Å². The van der Waals surface area contributed by atoms with Crippen molar-refractivity contribution in [1.82, 2.24) is 4.98 Å². The molecule has 0 aliphatic heterocycles. The van der Waals surface area contributed by atoms with E-state index in [1.54, 1.807) is 12.4 Å². The Labute approximate surface area is 81.4 Å². The average molecular weight is 143 g/mol. The molecule has 11 heavy (non-hydrogen) atoms. The van der Waals surface area contributed by atoms with Crippen LogP contribution in [0.1, 0.15) is 19.8 Å². The summed E-state index contributed by atoms with van der Waals surface area (Å²) in [7, 11) is 0. The zero-order valence-corrected chi connectivity index (χ0v) is 7.46. The fourth-order valence-electron chi connectivity index (χ4n) is 0.313. The van der Waals surface area contributed by atoms with Crippen LogP contribution in [0.2, 0.25) is 0 Å². The molecule has 0 saturated carbocycles. The summed E-state index contributed by atoms with van der Waals surface area (Å²) >= 11 is 0. The third-order valence-corrected chi connectivity index (χ3v) is 0.920. The second kappa shape index (κ2) is 12.4. The Morgan fingerprint density at radius 1 is 1.18 bits per heavy atom. The molecule has 0 bridgehead atoms. The molecule has 0 aromatic carbocycles. The van der Waals surface area contributed by atoms with Gasteiger partial charge in [0.15, 0.2) is 0 Å². The molecule has 1 nitrogen and oxygen atoms in total. The molecule has 0 amide bonds. The van der Waals surface area contributed by atoms with Crippen LogP contribution in [0.4, 0.5) is 0 Å². The van der Waals surface area contributed by atoms with Gasteiger partial charge in [-0.25, -0.2) is 0 Å². The van der Waals surface area contributed by atoms with Crippen molar-refractivity contribution in [2.75, 3.05) is 0 Å². The fourth-order valence-corrected chi connectivity index (χ4v) is 0.313. The summed E-state index contributed by atoms with van der Waals surface area (Å²) in [5, 5.41) is 0. The van der Waals surface area contributed by atoms with Crippen molar-refractivity contribution in [3.05, 3.63) is 37.5 Å². The Kier molecular flexibility index (Phi) is 15.1. The van der Waals surface area contributed by atoms with E-state index in [1.807, 2.05) is 18.2 Å². The Balaban J connectivity index is 0. The second-order valence-corrected chi connectivity index (χ2v) is 1.88. The van der Waals surface area contributed by atoms with Crippen molar-refractivity contribution >= 4 is 0 Å². The smallest absolute Gasteiger partial charge is 0.343 e. The molecule has 1 rings (SSSR count). The van der Waals surface area contributed by atoms with Crippen LogP contribution in [0.3, 0.4) is 0 Å². The minimum absolute atomic E-state index is 0. The summed E-state index contributed by atoms with van der Waals surface area (Å²) in [6, 6.07) is 5.72. The van der Waals surface area contributed by atoms with Crippen molar-refractivity contribution in [3.63, 3.8) is 0 Å². The number of unbranched alkanes of at least 4 members (excludes halogenated alkanes) is 1. The van der Waals surface area contributed by atoms with Gasteiger partial charge in [-0.05, 0) is 12.1 Å². The predicted octanol–water partition coefficient (Wildman–Crippen LogP) is -0.294. The first-order valence-electron chi connectivity index (χ1n) is 3.56. The van der Waals surface area contributed by atoms with E-state index in [1.165, 1.54) is 6.42 Å². The van der Waals surface area contributed by atoms with Crippen LogP contribution in [0.15, 0.2) is 30.6 Å². The Morgan fingerprint density at radius 3 is 1.73 bits per heavy atom. The molecule has 1 aromatic rings. The largest absolute Gasteiger partial charge is 1.00 e. The van der Waals surface area contributed by atoms with Gasteiger partial charge in [0.1, 0.15) is 0 Å². The molecule has 0 saturated heterocycles. The number of aromatic nitrogens is 1. The van der Waals surface area contributed by atoms with Crippen LogP contribution in [0, 0.1) is 6.92 Å². The van der Waals surface area contributed by atoms with Crippen LogP contribution in [0.5, 0.6) is 0 Å². The number of rotatable bonds is 1. The van der Waals surface area contributed by atoms with E-state index in [0.717, 1.165) is 6.42 Å². The van der Waals surface area contributed by atoms with Crippen molar-refractivity contribution in [2.45, 2.75) is 19.8 Å². The number of pyridine rings is 1. The van der Waals surface area contributed by atoms with E-state index >= 15 is 0 Å². The molecule has 0 atom stereocenters. The molecule has 0 spiro atoms. The molecule has 2 heteroatoms. The normalized spacial score (nSPS) is 7.09. The van der Waals surface area contributed by atoms with Crippen LogP contribution in [-0.4, -0.2) is 4.98 Å². The van der Waals surface area contributed by atoms with Gasteiger partial charge in [-0.1, -0.05) is 19.4 Å². The quantitative estimate of drug-likeness (QED) is 0.389. The molecule has 1 aromatic heterocycles. The minimum atomic E-state index is 0. The van der Waals surface area contributed by atoms with Gasteiger partial charge in [-0.15, -0.1) is 0 Å². The summed E-state index contributed by atoms with van der Waals surface area (Å²) in [6.07, 6.45) is 5.78. The maximum atomic E-state index is 3.78. The van der Waals surface area contributed by atoms with E-state index in [2.05, 4.69) is 18.8 Å². The van der Waals surface area contributed by atoms with Crippen molar-refractivity contribution in [1.29, 1.82) is 0 Å². The van der Waals surface area contributed by atoms with Gasteiger partial charge >= 0.3 is 18.9 Å². The van der Waals surface area contributed by atoms with Gasteiger partial charge < -0.3 is 6.92 Å². The van der Waals surface area contributed by atoms with Gasteiger partial charge in [0.2, 0.25) is 0 Å². The van der Waals surface area contributed by atoms with Gasteiger partial charge in [0.25, 0.3) is 0 Å². The van der Waals surface area contributed by atoms with Gasteiger partial charge in [0, 0.05) is 12.4 Å². The van der Waals surface area contributed by atoms with Crippen molar-refractivity contribution < 1.29 is 18.9 Å². The zero-order valence-electron chi connectivity index (χ0n) is 7.46. The molecular formula is C9H14LiN. The summed E-state index contributed by atoms with van der Waals surface area (Å²) in [4.78, 5) is 3.78. The number of hydrogen-bond acceptors (Lipinski definition) is 1. The predicted molar refractivity (Wildman–Crippen MR) is 44.5 cm³/mol. The van der Waals surface area contributed by atoms with E-state index in [-0.39, 0.29) is 18.9 Å². The number of hydrogen-bond donors (Lipinski definition) is 0. The summed E-state index contributed by atoms with van der Waals surface area (Å²) in [6.45, 7) is 5.72. The molecule has 0 aliphatic rings. The molecule has 0 aliphatic carbocycles. The van der Waals surface area contributed by atoms with Gasteiger partial charge in [-0.2, -0.15) is 6.42 Å². The molecular weight excluding hydrogens is 129 g/mol. The standard InChI is InChI=1S/C5H5N.C4H9.Li/c1-2-4-6-5-3-1;1-3-4-2;/h1-5H;1,3-4H2,2H3;/q;-1;+1. The molecule has 0 unspecified atom stereocenters. The maximum absolute atomic E-state index is 3.78. The van der Waals surface area contributed by atoms with E-state index < -0.39 is 0 Å². The summed E-state index contributed by atoms with van der Waals surface area (Å²) in [5.74, 6) is 0. The Bertz CT molecular complexity index is 102. The molecule has 56 valence electrons. The molecule has 0 N–H and O–H groups in total. The zero-order chi connectivity index (χ0) is 7.66. The first kappa shape index (κ1) is 13.3. The first-order valence-corrected chi connectivity index (χ1v) is 3.56. The first-order chi connectivity index (χ1) is 4.91. The Hall–Kier alpha value is -0.253. The van der Waals surface area contributed by atoms with E-state index in [9.17, 15) is 0 Å². The van der Waals surface area contributed by atoms with Crippen LogP contribution in [-0.2, 0) is 0 Å². The SMILES string of the molecule is [CH2-]CCC.[Li+].c1ccncc1. The number of nitrogens with zero attached hydrogens (tertiary/aromatic N) is 1. The van der Waals surface area contributed by atoms with Crippen molar-refractivity contribution in [2.24, 2.45) is 0 Å². The van der Waals surface area contributed by atoms with Crippen LogP contribution in [0.25, 0.3) is 0 Å². The molecule has 1 heterocycles. The average Bonchev–Trinajstić information content (AvgIpc) is 2.08.